The van der Waals surface area contributed by atoms with Gasteiger partial charge in [-0.3, -0.25) is 0 Å². The SMILES string of the molecule is CCC1=NN[C@@H](C)C1. The van der Waals surface area contributed by atoms with Gasteiger partial charge >= 0.3 is 0 Å². The molecule has 1 atom stereocenters. The Hall–Kier alpha value is -0.530. The number of rotatable bonds is 1. The van der Waals surface area contributed by atoms with E-state index in [4.69, 9.17) is 0 Å². The first-order chi connectivity index (χ1) is 3.83. The second-order valence-corrected chi connectivity index (χ2v) is 2.27. The van der Waals surface area contributed by atoms with Crippen LogP contribution in [0.15, 0.2) is 5.10 Å². The Morgan fingerprint density at radius 3 is 2.88 bits per heavy atom. The van der Waals surface area contributed by atoms with Crippen LogP contribution in [0.25, 0.3) is 0 Å². The van der Waals surface area contributed by atoms with Crippen molar-refractivity contribution in [3.05, 3.63) is 0 Å². The molecule has 0 bridgehead atoms. The summed E-state index contributed by atoms with van der Waals surface area (Å²) in [6, 6.07) is 0.574. The first kappa shape index (κ1) is 5.60. The highest BCUT2D eigenvalue weighted by atomic mass is 15.3. The molecular weight excluding hydrogens is 100 g/mol. The molecule has 0 unspecified atom stereocenters. The van der Waals surface area contributed by atoms with Gasteiger partial charge in [-0.15, -0.1) is 0 Å². The smallest absolute Gasteiger partial charge is 0.0464 e. The minimum Gasteiger partial charge on any atom is -0.307 e. The molecular formula is C6H12N2. The lowest BCUT2D eigenvalue weighted by atomic mass is 10.1. The van der Waals surface area contributed by atoms with Crippen molar-refractivity contribution in [2.75, 3.05) is 0 Å². The Kier molecular flexibility index (Phi) is 1.51. The molecule has 0 radical (unpaired) electrons. The second kappa shape index (κ2) is 2.16. The monoisotopic (exact) mass is 112 g/mol. The third-order valence-corrected chi connectivity index (χ3v) is 1.39. The first-order valence-corrected chi connectivity index (χ1v) is 3.14. The van der Waals surface area contributed by atoms with Crippen molar-refractivity contribution in [1.82, 2.24) is 5.43 Å². The van der Waals surface area contributed by atoms with E-state index in [1.165, 1.54) is 5.71 Å². The van der Waals surface area contributed by atoms with Gasteiger partial charge in [0.1, 0.15) is 0 Å². The van der Waals surface area contributed by atoms with E-state index in [-0.39, 0.29) is 0 Å². The molecule has 1 aliphatic heterocycles. The molecule has 1 rings (SSSR count). The molecule has 1 heterocycles. The van der Waals surface area contributed by atoms with E-state index in [1.807, 2.05) is 0 Å². The normalized spacial score (nSPS) is 27.2. The molecule has 0 fully saturated rings. The van der Waals surface area contributed by atoms with E-state index < -0.39 is 0 Å². The van der Waals surface area contributed by atoms with Crippen LogP contribution < -0.4 is 5.43 Å². The molecule has 0 amide bonds. The molecule has 0 aromatic carbocycles. The fraction of sp³-hybridized carbons (Fsp3) is 0.833. The highest BCUT2D eigenvalue weighted by molar-refractivity contribution is 5.85. The Morgan fingerprint density at radius 1 is 1.88 bits per heavy atom. The molecule has 0 aromatic heterocycles. The topological polar surface area (TPSA) is 24.4 Å². The molecule has 2 nitrogen and oxygen atoms in total. The fourth-order valence-electron chi connectivity index (χ4n) is 0.870. The molecule has 0 aromatic rings. The van der Waals surface area contributed by atoms with Crippen molar-refractivity contribution in [3.63, 3.8) is 0 Å². The van der Waals surface area contributed by atoms with Gasteiger partial charge in [-0.2, -0.15) is 5.10 Å². The minimum atomic E-state index is 0.574. The molecule has 0 saturated carbocycles. The minimum absolute atomic E-state index is 0.574. The molecule has 1 aliphatic rings. The van der Waals surface area contributed by atoms with Gasteiger partial charge in [0.25, 0.3) is 0 Å². The number of hydrogen-bond acceptors (Lipinski definition) is 2. The highest BCUT2D eigenvalue weighted by Crippen LogP contribution is 2.03. The molecule has 46 valence electrons. The average Bonchev–Trinajstić information content (AvgIpc) is 2.14. The maximum atomic E-state index is 4.10. The van der Waals surface area contributed by atoms with E-state index in [9.17, 15) is 0 Å². The van der Waals surface area contributed by atoms with E-state index in [0.29, 0.717) is 6.04 Å². The summed E-state index contributed by atoms with van der Waals surface area (Å²) in [5.74, 6) is 0. The maximum absolute atomic E-state index is 4.10. The van der Waals surface area contributed by atoms with Crippen LogP contribution in [0.3, 0.4) is 0 Å². The van der Waals surface area contributed by atoms with E-state index in [0.717, 1.165) is 12.8 Å². The Bertz CT molecular complexity index is 107. The van der Waals surface area contributed by atoms with Gasteiger partial charge < -0.3 is 5.43 Å². The van der Waals surface area contributed by atoms with Gasteiger partial charge in [0.05, 0.1) is 0 Å². The van der Waals surface area contributed by atoms with E-state index in [1.54, 1.807) is 0 Å². The largest absolute Gasteiger partial charge is 0.307 e. The van der Waals surface area contributed by atoms with Crippen molar-refractivity contribution in [2.45, 2.75) is 32.7 Å². The third-order valence-electron chi connectivity index (χ3n) is 1.39. The number of nitrogens with one attached hydrogen (secondary N) is 1. The lowest BCUT2D eigenvalue weighted by Gasteiger charge is -1.96. The first-order valence-electron chi connectivity index (χ1n) is 3.14. The van der Waals surface area contributed by atoms with Crippen LogP contribution in [0.5, 0.6) is 0 Å². The fourth-order valence-corrected chi connectivity index (χ4v) is 0.870. The maximum Gasteiger partial charge on any atom is 0.0464 e. The predicted octanol–water partition coefficient (Wildman–Crippen LogP) is 1.13. The number of nitrogens with zero attached hydrogens (tertiary/aromatic N) is 1. The summed E-state index contributed by atoms with van der Waals surface area (Å²) >= 11 is 0. The van der Waals surface area contributed by atoms with Gasteiger partial charge in [-0.25, -0.2) is 0 Å². The predicted molar refractivity (Wildman–Crippen MR) is 34.9 cm³/mol. The lowest BCUT2D eigenvalue weighted by molar-refractivity contribution is 0.635. The standard InChI is InChI=1S/C6H12N2/c1-3-6-4-5(2)7-8-6/h5,7H,3-4H2,1-2H3/t5-/m0/s1. The number of hydrogen-bond donors (Lipinski definition) is 1. The molecule has 0 spiro atoms. The number of hydrazone groups is 1. The van der Waals surface area contributed by atoms with Crippen LogP contribution in [-0.4, -0.2) is 11.8 Å². The Balaban J connectivity index is 2.37. The van der Waals surface area contributed by atoms with Crippen molar-refractivity contribution in [2.24, 2.45) is 5.10 Å². The van der Waals surface area contributed by atoms with Crippen molar-refractivity contribution in [1.29, 1.82) is 0 Å². The quantitative estimate of drug-likeness (QED) is 0.540. The van der Waals surface area contributed by atoms with E-state index in [2.05, 4.69) is 24.4 Å². The lowest BCUT2D eigenvalue weighted by Crippen LogP contribution is -2.13. The van der Waals surface area contributed by atoms with Gasteiger partial charge in [0.15, 0.2) is 0 Å². The zero-order valence-corrected chi connectivity index (χ0v) is 5.44. The van der Waals surface area contributed by atoms with Gasteiger partial charge in [0, 0.05) is 18.2 Å². The van der Waals surface area contributed by atoms with Crippen LogP contribution in [0.4, 0.5) is 0 Å². The summed E-state index contributed by atoms with van der Waals surface area (Å²) in [5, 5.41) is 4.10. The molecule has 8 heavy (non-hydrogen) atoms. The van der Waals surface area contributed by atoms with E-state index >= 15 is 0 Å². The van der Waals surface area contributed by atoms with Crippen LogP contribution in [-0.2, 0) is 0 Å². The van der Waals surface area contributed by atoms with Crippen molar-refractivity contribution in [3.8, 4) is 0 Å². The molecule has 0 aliphatic carbocycles. The third kappa shape index (κ3) is 0.997. The van der Waals surface area contributed by atoms with Crippen LogP contribution in [0, 0.1) is 0 Å². The van der Waals surface area contributed by atoms with Crippen LogP contribution in [0.1, 0.15) is 26.7 Å². The van der Waals surface area contributed by atoms with Gasteiger partial charge in [-0.1, -0.05) is 6.92 Å². The zero-order valence-electron chi connectivity index (χ0n) is 5.44. The average molecular weight is 112 g/mol. The summed E-state index contributed by atoms with van der Waals surface area (Å²) in [7, 11) is 0. The summed E-state index contributed by atoms with van der Waals surface area (Å²) in [5.41, 5.74) is 4.31. The van der Waals surface area contributed by atoms with Crippen molar-refractivity contribution >= 4 is 5.71 Å². The summed E-state index contributed by atoms with van der Waals surface area (Å²) < 4.78 is 0. The Morgan fingerprint density at radius 2 is 2.62 bits per heavy atom. The van der Waals surface area contributed by atoms with Crippen LogP contribution >= 0.6 is 0 Å². The second-order valence-electron chi connectivity index (χ2n) is 2.27. The van der Waals surface area contributed by atoms with Crippen molar-refractivity contribution < 1.29 is 0 Å². The summed E-state index contributed by atoms with van der Waals surface area (Å²) in [6.45, 7) is 4.28. The highest BCUT2D eigenvalue weighted by Gasteiger charge is 2.10. The zero-order chi connectivity index (χ0) is 5.98. The van der Waals surface area contributed by atoms with Gasteiger partial charge in [-0.05, 0) is 13.3 Å². The molecule has 2 heteroatoms. The summed E-state index contributed by atoms with van der Waals surface area (Å²) in [4.78, 5) is 0. The van der Waals surface area contributed by atoms with Crippen LogP contribution in [0.2, 0.25) is 0 Å². The molecule has 0 saturated heterocycles. The molecule has 1 N–H and O–H groups in total. The summed E-state index contributed by atoms with van der Waals surface area (Å²) in [6.07, 6.45) is 2.23. The van der Waals surface area contributed by atoms with Gasteiger partial charge in [0.2, 0.25) is 0 Å². The Labute approximate surface area is 50.0 Å².